The summed E-state index contributed by atoms with van der Waals surface area (Å²) in [7, 11) is 1.63. The first kappa shape index (κ1) is 16.3. The number of phenols is 1. The molecule has 0 radical (unpaired) electrons. The molecular formula is C20H18O3. The van der Waals surface area contributed by atoms with Crippen LogP contribution in [-0.2, 0) is 4.79 Å². The van der Waals surface area contributed by atoms with Gasteiger partial charge in [-0.15, -0.1) is 0 Å². The molecule has 0 aliphatic heterocycles. The summed E-state index contributed by atoms with van der Waals surface area (Å²) >= 11 is 0. The summed E-state index contributed by atoms with van der Waals surface area (Å²) in [5.41, 5.74) is 1.89. The molecule has 0 atom stereocenters. The first-order valence-corrected chi connectivity index (χ1v) is 7.17. The summed E-state index contributed by atoms with van der Waals surface area (Å²) in [6, 6.07) is 14.3. The highest BCUT2D eigenvalue weighted by molar-refractivity contribution is 6.02. The van der Waals surface area contributed by atoms with Crippen LogP contribution in [0.2, 0.25) is 0 Å². The van der Waals surface area contributed by atoms with Gasteiger partial charge in [0, 0.05) is 0 Å². The maximum absolute atomic E-state index is 11.7. The number of carbonyl (C=O) groups is 1. The van der Waals surface area contributed by atoms with Crippen molar-refractivity contribution in [2.75, 3.05) is 7.11 Å². The number of phenolic OH excluding ortho intramolecular Hbond substituents is 1. The van der Waals surface area contributed by atoms with Crippen molar-refractivity contribution in [1.82, 2.24) is 0 Å². The predicted octanol–water partition coefficient (Wildman–Crippen LogP) is 4.25. The fraction of sp³-hybridized carbons (Fsp3) is 0.0500. The summed E-state index contributed by atoms with van der Waals surface area (Å²) in [6.07, 6.45) is 10.1. The lowest BCUT2D eigenvalue weighted by atomic mass is 10.2. The van der Waals surface area contributed by atoms with Gasteiger partial charge >= 0.3 is 0 Å². The van der Waals surface area contributed by atoms with Crippen molar-refractivity contribution in [2.24, 2.45) is 0 Å². The molecule has 23 heavy (non-hydrogen) atoms. The minimum atomic E-state index is -0.0996. The molecule has 116 valence electrons. The number of allylic oxidation sites excluding steroid dienone is 4. The lowest BCUT2D eigenvalue weighted by Crippen LogP contribution is -1.84. The Bertz CT molecular complexity index is 720. The van der Waals surface area contributed by atoms with Gasteiger partial charge in [-0.05, 0) is 47.5 Å². The van der Waals surface area contributed by atoms with E-state index in [9.17, 15) is 9.90 Å². The molecule has 3 heteroatoms. The molecule has 2 aromatic rings. The van der Waals surface area contributed by atoms with E-state index < -0.39 is 0 Å². The highest BCUT2D eigenvalue weighted by Gasteiger charge is 1.91. The first-order chi connectivity index (χ1) is 11.2. The maximum Gasteiger partial charge on any atom is 0.178 e. The summed E-state index contributed by atoms with van der Waals surface area (Å²) < 4.78 is 5.09. The summed E-state index contributed by atoms with van der Waals surface area (Å²) in [5, 5.41) is 9.18. The SMILES string of the molecule is COc1ccc(/C=C/C=C/C(=O)/C=C/c2ccc(O)cc2)cc1. The molecular weight excluding hydrogens is 288 g/mol. The molecule has 0 saturated heterocycles. The fourth-order valence-corrected chi connectivity index (χ4v) is 1.85. The lowest BCUT2D eigenvalue weighted by Gasteiger charge is -1.98. The van der Waals surface area contributed by atoms with E-state index in [1.54, 1.807) is 43.5 Å². The molecule has 0 fully saturated rings. The number of ketones is 1. The van der Waals surface area contributed by atoms with E-state index >= 15 is 0 Å². The van der Waals surface area contributed by atoms with E-state index in [0.29, 0.717) is 0 Å². The predicted molar refractivity (Wildman–Crippen MR) is 93.3 cm³/mol. The summed E-state index contributed by atoms with van der Waals surface area (Å²) in [6.45, 7) is 0. The van der Waals surface area contributed by atoms with Crippen molar-refractivity contribution < 1.29 is 14.6 Å². The number of hydrogen-bond donors (Lipinski definition) is 1. The highest BCUT2D eigenvalue weighted by atomic mass is 16.5. The van der Waals surface area contributed by atoms with Crippen molar-refractivity contribution in [3.63, 3.8) is 0 Å². The average Bonchev–Trinajstić information content (AvgIpc) is 2.59. The number of rotatable bonds is 6. The molecule has 0 heterocycles. The standard InChI is InChI=1S/C20H18O3/c1-23-20-14-9-16(10-15-20)4-2-3-5-18(21)11-6-17-7-12-19(22)13-8-17/h2-15,22H,1H3/b4-2+,5-3+,11-6+. The average molecular weight is 306 g/mol. The molecule has 0 bridgehead atoms. The first-order valence-electron chi connectivity index (χ1n) is 7.17. The Morgan fingerprint density at radius 1 is 0.870 bits per heavy atom. The van der Waals surface area contributed by atoms with Crippen LogP contribution >= 0.6 is 0 Å². The van der Waals surface area contributed by atoms with Gasteiger partial charge in [-0.3, -0.25) is 4.79 Å². The van der Waals surface area contributed by atoms with Crippen LogP contribution in [0.3, 0.4) is 0 Å². The molecule has 0 saturated carbocycles. The number of carbonyl (C=O) groups excluding carboxylic acids is 1. The normalized spacial score (nSPS) is 11.5. The van der Waals surface area contributed by atoms with Gasteiger partial charge < -0.3 is 9.84 Å². The van der Waals surface area contributed by atoms with E-state index in [-0.39, 0.29) is 11.5 Å². The third-order valence-corrected chi connectivity index (χ3v) is 3.11. The topological polar surface area (TPSA) is 46.5 Å². The number of hydrogen-bond acceptors (Lipinski definition) is 3. The summed E-state index contributed by atoms with van der Waals surface area (Å²) in [4.78, 5) is 11.7. The Balaban J connectivity index is 1.87. The zero-order chi connectivity index (χ0) is 16.5. The van der Waals surface area contributed by atoms with Gasteiger partial charge in [0.05, 0.1) is 7.11 Å². The quantitative estimate of drug-likeness (QED) is 0.641. The minimum Gasteiger partial charge on any atom is -0.508 e. The molecule has 0 aliphatic carbocycles. The zero-order valence-corrected chi connectivity index (χ0v) is 12.8. The second-order valence-corrected chi connectivity index (χ2v) is 4.82. The van der Waals surface area contributed by atoms with Crippen LogP contribution in [0.5, 0.6) is 11.5 Å². The lowest BCUT2D eigenvalue weighted by molar-refractivity contribution is -0.110. The molecule has 1 N–H and O–H groups in total. The summed E-state index contributed by atoms with van der Waals surface area (Å²) in [5.74, 6) is 0.918. The van der Waals surface area contributed by atoms with Gasteiger partial charge in [-0.25, -0.2) is 0 Å². The molecule has 2 rings (SSSR count). The van der Waals surface area contributed by atoms with Crippen molar-refractivity contribution in [2.45, 2.75) is 0 Å². The number of ether oxygens (including phenoxy) is 1. The van der Waals surface area contributed by atoms with Crippen LogP contribution in [-0.4, -0.2) is 18.0 Å². The molecule has 0 aromatic heterocycles. The molecule has 2 aromatic carbocycles. The largest absolute Gasteiger partial charge is 0.508 e. The van der Waals surface area contributed by atoms with Crippen molar-refractivity contribution >= 4 is 17.9 Å². The Labute approximate surface area is 135 Å². The van der Waals surface area contributed by atoms with Crippen molar-refractivity contribution in [3.8, 4) is 11.5 Å². The van der Waals surface area contributed by atoms with Crippen LogP contribution in [0.25, 0.3) is 12.2 Å². The van der Waals surface area contributed by atoms with Gasteiger partial charge in [0.15, 0.2) is 5.78 Å². The van der Waals surface area contributed by atoms with Gasteiger partial charge in [0.1, 0.15) is 11.5 Å². The molecule has 0 aliphatic rings. The Morgan fingerprint density at radius 2 is 1.48 bits per heavy atom. The molecule has 0 spiro atoms. The maximum atomic E-state index is 11.7. The molecule has 0 unspecified atom stereocenters. The van der Waals surface area contributed by atoms with Crippen molar-refractivity contribution in [3.05, 3.63) is 84.0 Å². The van der Waals surface area contributed by atoms with Gasteiger partial charge in [0.25, 0.3) is 0 Å². The van der Waals surface area contributed by atoms with E-state index in [0.717, 1.165) is 16.9 Å². The Kier molecular flexibility index (Phi) is 5.95. The third kappa shape index (κ3) is 5.67. The molecule has 3 nitrogen and oxygen atoms in total. The smallest absolute Gasteiger partial charge is 0.178 e. The fourth-order valence-electron chi connectivity index (χ4n) is 1.85. The monoisotopic (exact) mass is 306 g/mol. The van der Waals surface area contributed by atoms with E-state index in [2.05, 4.69) is 0 Å². The van der Waals surface area contributed by atoms with Gasteiger partial charge in [-0.2, -0.15) is 0 Å². The second-order valence-electron chi connectivity index (χ2n) is 4.82. The van der Waals surface area contributed by atoms with Crippen LogP contribution in [0, 0.1) is 0 Å². The van der Waals surface area contributed by atoms with Gasteiger partial charge in [-0.1, -0.05) is 48.6 Å². The van der Waals surface area contributed by atoms with Crippen LogP contribution in [0.1, 0.15) is 11.1 Å². The van der Waals surface area contributed by atoms with Crippen LogP contribution in [0.15, 0.2) is 72.8 Å². The Morgan fingerprint density at radius 3 is 2.13 bits per heavy atom. The highest BCUT2D eigenvalue weighted by Crippen LogP contribution is 2.12. The number of methoxy groups -OCH3 is 1. The van der Waals surface area contributed by atoms with Crippen LogP contribution < -0.4 is 4.74 Å². The third-order valence-electron chi connectivity index (χ3n) is 3.11. The minimum absolute atomic E-state index is 0.0996. The zero-order valence-electron chi connectivity index (χ0n) is 12.8. The second kappa shape index (κ2) is 8.39. The number of benzene rings is 2. The van der Waals surface area contributed by atoms with Gasteiger partial charge in [0.2, 0.25) is 0 Å². The van der Waals surface area contributed by atoms with Crippen molar-refractivity contribution in [1.29, 1.82) is 0 Å². The number of aromatic hydroxyl groups is 1. The Hall–Kier alpha value is -3.07. The van der Waals surface area contributed by atoms with E-state index in [4.69, 9.17) is 4.74 Å². The van der Waals surface area contributed by atoms with E-state index in [1.807, 2.05) is 36.4 Å². The van der Waals surface area contributed by atoms with E-state index in [1.165, 1.54) is 12.2 Å². The van der Waals surface area contributed by atoms with Crippen LogP contribution in [0.4, 0.5) is 0 Å². The molecule has 0 amide bonds.